The third-order valence-electron chi connectivity index (χ3n) is 3.37. The minimum absolute atomic E-state index is 0.0235. The van der Waals surface area contributed by atoms with Crippen molar-refractivity contribution < 1.29 is 10.2 Å². The fourth-order valence-corrected chi connectivity index (χ4v) is 2.70. The molecule has 2 rings (SSSR count). The lowest BCUT2D eigenvalue weighted by molar-refractivity contribution is -0.00443. The van der Waals surface area contributed by atoms with Crippen LogP contribution in [0.15, 0.2) is 12.4 Å². The van der Waals surface area contributed by atoms with Gasteiger partial charge in [-0.2, -0.15) is 0 Å². The Labute approximate surface area is 116 Å². The SMILES string of the molecule is OC[C@@H]1CCN(Cc2c(Cl)cncc2Cl)C[C@H]1O. The van der Waals surface area contributed by atoms with Crippen molar-refractivity contribution >= 4 is 23.2 Å². The summed E-state index contributed by atoms with van der Waals surface area (Å²) in [4.78, 5) is 6.00. The Kier molecular flexibility index (Phi) is 4.81. The lowest BCUT2D eigenvalue weighted by Crippen LogP contribution is -2.44. The standard InChI is InChI=1S/C12H16Cl2N2O2/c13-10-3-15-4-11(14)9(10)5-16-2-1-8(7-17)12(18)6-16/h3-4,8,12,17-18H,1-2,5-7H2/t8-,12+/m0/s1. The van der Waals surface area contributed by atoms with Gasteiger partial charge in [-0.25, -0.2) is 0 Å². The van der Waals surface area contributed by atoms with E-state index >= 15 is 0 Å². The van der Waals surface area contributed by atoms with Gasteiger partial charge in [0.2, 0.25) is 0 Å². The van der Waals surface area contributed by atoms with Crippen molar-refractivity contribution in [3.63, 3.8) is 0 Å². The van der Waals surface area contributed by atoms with Crippen molar-refractivity contribution in [3.05, 3.63) is 28.0 Å². The molecular weight excluding hydrogens is 275 g/mol. The Morgan fingerprint density at radius 1 is 1.33 bits per heavy atom. The van der Waals surface area contributed by atoms with Crippen LogP contribution in [0, 0.1) is 5.92 Å². The average Bonchev–Trinajstić information content (AvgIpc) is 2.34. The number of nitrogens with zero attached hydrogens (tertiary/aromatic N) is 2. The first-order valence-corrected chi connectivity index (χ1v) is 6.66. The first-order chi connectivity index (χ1) is 8.61. The molecule has 0 saturated carbocycles. The van der Waals surface area contributed by atoms with Crippen LogP contribution >= 0.6 is 23.2 Å². The molecule has 0 amide bonds. The first kappa shape index (κ1) is 14.0. The molecule has 1 aliphatic rings. The van der Waals surface area contributed by atoms with Gasteiger partial charge in [-0.05, 0) is 13.0 Å². The quantitative estimate of drug-likeness (QED) is 0.887. The summed E-state index contributed by atoms with van der Waals surface area (Å²) >= 11 is 12.1. The van der Waals surface area contributed by atoms with Crippen molar-refractivity contribution in [2.24, 2.45) is 5.92 Å². The van der Waals surface area contributed by atoms with Crippen molar-refractivity contribution in [1.82, 2.24) is 9.88 Å². The number of hydrogen-bond donors (Lipinski definition) is 2. The second-order valence-corrected chi connectivity index (χ2v) is 5.43. The number of aliphatic hydroxyl groups excluding tert-OH is 2. The summed E-state index contributed by atoms with van der Waals surface area (Å²) in [6.45, 7) is 1.97. The topological polar surface area (TPSA) is 56.6 Å². The van der Waals surface area contributed by atoms with Gasteiger partial charge < -0.3 is 10.2 Å². The molecule has 2 atom stereocenters. The molecule has 18 heavy (non-hydrogen) atoms. The van der Waals surface area contributed by atoms with Crippen LogP contribution < -0.4 is 0 Å². The summed E-state index contributed by atoms with van der Waals surface area (Å²) < 4.78 is 0. The summed E-state index contributed by atoms with van der Waals surface area (Å²) in [5, 5.41) is 20.1. The first-order valence-electron chi connectivity index (χ1n) is 5.91. The second-order valence-electron chi connectivity index (χ2n) is 4.62. The molecule has 0 spiro atoms. The van der Waals surface area contributed by atoms with Gasteiger partial charge in [0.15, 0.2) is 0 Å². The molecule has 0 bridgehead atoms. The molecule has 1 fully saturated rings. The molecule has 0 aromatic carbocycles. The molecule has 0 aliphatic carbocycles. The summed E-state index contributed by atoms with van der Waals surface area (Å²) in [6, 6.07) is 0. The largest absolute Gasteiger partial charge is 0.396 e. The molecule has 1 aromatic rings. The summed E-state index contributed by atoms with van der Waals surface area (Å²) in [7, 11) is 0. The van der Waals surface area contributed by atoms with Crippen LogP contribution in [-0.4, -0.2) is 45.9 Å². The highest BCUT2D eigenvalue weighted by atomic mass is 35.5. The summed E-state index contributed by atoms with van der Waals surface area (Å²) in [5.41, 5.74) is 0.836. The normalized spacial score (nSPS) is 25.3. The van der Waals surface area contributed by atoms with Crippen LogP contribution in [-0.2, 0) is 6.54 Å². The Morgan fingerprint density at radius 2 is 2.00 bits per heavy atom. The molecule has 100 valence electrons. The molecule has 1 aromatic heterocycles. The van der Waals surface area contributed by atoms with E-state index in [0.717, 1.165) is 18.5 Å². The highest BCUT2D eigenvalue weighted by molar-refractivity contribution is 6.35. The van der Waals surface area contributed by atoms with Crippen molar-refractivity contribution in [3.8, 4) is 0 Å². The van der Waals surface area contributed by atoms with Crippen LogP contribution in [0.25, 0.3) is 0 Å². The highest BCUT2D eigenvalue weighted by Crippen LogP contribution is 2.26. The van der Waals surface area contributed by atoms with Crippen molar-refractivity contribution in [2.45, 2.75) is 19.1 Å². The van der Waals surface area contributed by atoms with Crippen molar-refractivity contribution in [2.75, 3.05) is 19.7 Å². The number of halogens is 2. The number of aromatic nitrogens is 1. The minimum atomic E-state index is -0.497. The zero-order valence-electron chi connectivity index (χ0n) is 9.89. The summed E-state index contributed by atoms with van der Waals surface area (Å²) in [5.74, 6) is -0.0235. The van der Waals surface area contributed by atoms with E-state index in [-0.39, 0.29) is 12.5 Å². The maximum absolute atomic E-state index is 9.88. The van der Waals surface area contributed by atoms with Gasteiger partial charge in [-0.15, -0.1) is 0 Å². The number of pyridine rings is 1. The molecule has 0 radical (unpaired) electrons. The second kappa shape index (κ2) is 6.17. The van der Waals surface area contributed by atoms with Crippen LogP contribution in [0.5, 0.6) is 0 Å². The maximum atomic E-state index is 9.88. The average molecular weight is 291 g/mol. The van der Waals surface area contributed by atoms with E-state index in [0.29, 0.717) is 23.1 Å². The Balaban J connectivity index is 2.03. The molecule has 2 N–H and O–H groups in total. The van der Waals surface area contributed by atoms with Crippen LogP contribution in [0.1, 0.15) is 12.0 Å². The van der Waals surface area contributed by atoms with Gasteiger partial charge in [0.1, 0.15) is 0 Å². The molecule has 4 nitrogen and oxygen atoms in total. The smallest absolute Gasteiger partial charge is 0.0717 e. The van der Waals surface area contributed by atoms with Gasteiger partial charge in [0.25, 0.3) is 0 Å². The van der Waals surface area contributed by atoms with E-state index in [1.54, 1.807) is 12.4 Å². The molecule has 1 saturated heterocycles. The number of rotatable bonds is 3. The fourth-order valence-electron chi connectivity index (χ4n) is 2.21. The van der Waals surface area contributed by atoms with Crippen LogP contribution in [0.3, 0.4) is 0 Å². The highest BCUT2D eigenvalue weighted by Gasteiger charge is 2.27. The molecule has 2 heterocycles. The molecule has 6 heteroatoms. The monoisotopic (exact) mass is 290 g/mol. The van der Waals surface area contributed by atoms with E-state index in [9.17, 15) is 5.11 Å². The van der Waals surface area contributed by atoms with E-state index in [4.69, 9.17) is 28.3 Å². The zero-order chi connectivity index (χ0) is 13.1. The van der Waals surface area contributed by atoms with E-state index in [2.05, 4.69) is 9.88 Å². The predicted octanol–water partition coefficient (Wildman–Crippen LogP) is 1.56. The van der Waals surface area contributed by atoms with Crippen molar-refractivity contribution in [1.29, 1.82) is 0 Å². The van der Waals surface area contributed by atoms with E-state index in [1.807, 2.05) is 0 Å². The van der Waals surface area contributed by atoms with Gasteiger partial charge in [0, 0.05) is 43.6 Å². The molecular formula is C12H16Cl2N2O2. The zero-order valence-corrected chi connectivity index (χ0v) is 11.4. The minimum Gasteiger partial charge on any atom is -0.396 e. The number of piperidine rings is 1. The van der Waals surface area contributed by atoms with Gasteiger partial charge in [0.05, 0.1) is 16.1 Å². The van der Waals surface area contributed by atoms with Gasteiger partial charge in [-0.1, -0.05) is 23.2 Å². The Bertz CT molecular complexity index is 397. The molecule has 0 unspecified atom stereocenters. The maximum Gasteiger partial charge on any atom is 0.0717 e. The lowest BCUT2D eigenvalue weighted by atomic mass is 9.94. The third kappa shape index (κ3) is 3.13. The lowest BCUT2D eigenvalue weighted by Gasteiger charge is -2.35. The van der Waals surface area contributed by atoms with Gasteiger partial charge in [-0.3, -0.25) is 9.88 Å². The number of β-amino-alcohol motifs (C(OH)–C–C–N with tert-alkyl or cyclic N) is 1. The number of aliphatic hydroxyl groups is 2. The number of likely N-dealkylation sites (tertiary alicyclic amines) is 1. The van der Waals surface area contributed by atoms with Crippen LogP contribution in [0.4, 0.5) is 0 Å². The van der Waals surface area contributed by atoms with E-state index in [1.165, 1.54) is 0 Å². The van der Waals surface area contributed by atoms with Gasteiger partial charge >= 0.3 is 0 Å². The number of hydrogen-bond acceptors (Lipinski definition) is 4. The third-order valence-corrected chi connectivity index (χ3v) is 4.03. The Hall–Kier alpha value is -0.390. The van der Waals surface area contributed by atoms with E-state index < -0.39 is 6.10 Å². The molecule has 1 aliphatic heterocycles. The Morgan fingerprint density at radius 3 is 2.56 bits per heavy atom. The fraction of sp³-hybridized carbons (Fsp3) is 0.583. The van der Waals surface area contributed by atoms with Crippen LogP contribution in [0.2, 0.25) is 10.0 Å². The summed E-state index contributed by atoms with van der Waals surface area (Å²) in [6.07, 6.45) is 3.42. The predicted molar refractivity (Wildman–Crippen MR) is 70.7 cm³/mol.